The first-order chi connectivity index (χ1) is 10.1. The first-order valence-electron chi connectivity index (χ1n) is 5.73. The van der Waals surface area contributed by atoms with Crippen molar-refractivity contribution >= 4 is 34.8 Å². The molecule has 1 aromatic carbocycles. The van der Waals surface area contributed by atoms with E-state index in [0.717, 1.165) is 0 Å². The minimum absolute atomic E-state index is 0.0278. The number of rotatable bonds is 2. The van der Waals surface area contributed by atoms with Gasteiger partial charge in [-0.15, -0.1) is 0 Å². The normalized spacial score (nSPS) is 10.9. The highest BCUT2D eigenvalue weighted by molar-refractivity contribution is 6.40. The van der Waals surface area contributed by atoms with Gasteiger partial charge in [0.2, 0.25) is 0 Å². The van der Waals surface area contributed by atoms with Gasteiger partial charge in [0, 0.05) is 17.2 Å². The summed E-state index contributed by atoms with van der Waals surface area (Å²) in [5.41, 5.74) is 0.358. The second-order valence-corrected chi connectivity index (χ2v) is 5.24. The van der Waals surface area contributed by atoms with Crippen molar-refractivity contribution in [1.29, 1.82) is 0 Å². The monoisotopic (exact) mass is 342 g/mol. The summed E-state index contributed by atoms with van der Waals surface area (Å²) >= 11 is 18.4. The van der Waals surface area contributed by atoms with Crippen LogP contribution < -0.4 is 0 Å². The summed E-state index contributed by atoms with van der Waals surface area (Å²) in [4.78, 5) is 7.96. The highest BCUT2D eigenvalue weighted by Crippen LogP contribution is 2.39. The fourth-order valence-corrected chi connectivity index (χ4v) is 2.75. The molecule has 21 heavy (non-hydrogen) atoms. The lowest BCUT2D eigenvalue weighted by Gasteiger charge is -2.11. The third-order valence-electron chi connectivity index (χ3n) is 2.78. The van der Waals surface area contributed by atoms with Gasteiger partial charge in [0.15, 0.2) is 5.82 Å². The fourth-order valence-electron chi connectivity index (χ4n) is 1.88. The van der Waals surface area contributed by atoms with Gasteiger partial charge in [-0.25, -0.2) is 19.0 Å². The molecule has 0 saturated carbocycles. The van der Waals surface area contributed by atoms with Crippen LogP contribution in [-0.4, -0.2) is 19.7 Å². The van der Waals surface area contributed by atoms with Crippen molar-refractivity contribution in [2.24, 2.45) is 0 Å². The zero-order valence-corrected chi connectivity index (χ0v) is 12.5. The third kappa shape index (κ3) is 2.60. The van der Waals surface area contributed by atoms with E-state index in [1.54, 1.807) is 6.07 Å². The molecule has 2 heterocycles. The Morgan fingerprint density at radius 2 is 1.86 bits per heavy atom. The molecule has 3 rings (SSSR count). The molecule has 0 fully saturated rings. The molecule has 0 atom stereocenters. The number of pyridine rings is 1. The summed E-state index contributed by atoms with van der Waals surface area (Å²) < 4.78 is 15.4. The van der Waals surface area contributed by atoms with E-state index < -0.39 is 5.82 Å². The molecular weight excluding hydrogens is 338 g/mol. The van der Waals surface area contributed by atoms with Gasteiger partial charge in [-0.2, -0.15) is 5.10 Å². The Morgan fingerprint density at radius 3 is 2.48 bits per heavy atom. The predicted octanol–water partition coefficient (Wildman–Crippen LogP) is 4.43. The minimum Gasteiger partial charge on any atom is -0.223 e. The van der Waals surface area contributed by atoms with E-state index in [4.69, 9.17) is 34.8 Å². The molecule has 4 nitrogen and oxygen atoms in total. The van der Waals surface area contributed by atoms with Crippen molar-refractivity contribution in [2.45, 2.75) is 0 Å². The zero-order chi connectivity index (χ0) is 15.0. The van der Waals surface area contributed by atoms with Gasteiger partial charge < -0.3 is 0 Å². The largest absolute Gasteiger partial charge is 0.223 e. The molecule has 106 valence electrons. The number of aromatic nitrogens is 4. The SMILES string of the molecule is Fc1cccc(Cl)c1-c1c(Cl)cc(-n2cncn2)nc1Cl. The van der Waals surface area contributed by atoms with Crippen molar-refractivity contribution < 1.29 is 4.39 Å². The second-order valence-electron chi connectivity index (χ2n) is 4.06. The summed E-state index contributed by atoms with van der Waals surface area (Å²) in [6.07, 6.45) is 2.80. The van der Waals surface area contributed by atoms with E-state index in [2.05, 4.69) is 15.1 Å². The van der Waals surface area contributed by atoms with Gasteiger partial charge in [-0.05, 0) is 12.1 Å². The van der Waals surface area contributed by atoms with Crippen LogP contribution in [0.1, 0.15) is 0 Å². The van der Waals surface area contributed by atoms with Crippen LogP contribution >= 0.6 is 34.8 Å². The number of benzene rings is 1. The van der Waals surface area contributed by atoms with Crippen LogP contribution in [0.25, 0.3) is 16.9 Å². The summed E-state index contributed by atoms with van der Waals surface area (Å²) in [6, 6.07) is 5.84. The fraction of sp³-hybridized carbons (Fsp3) is 0. The summed E-state index contributed by atoms with van der Waals surface area (Å²) in [6.45, 7) is 0. The molecule has 0 aliphatic rings. The van der Waals surface area contributed by atoms with Gasteiger partial charge in [0.05, 0.1) is 10.0 Å². The highest BCUT2D eigenvalue weighted by Gasteiger charge is 2.19. The summed E-state index contributed by atoms with van der Waals surface area (Å²) in [5, 5.41) is 4.38. The van der Waals surface area contributed by atoms with Gasteiger partial charge in [-0.1, -0.05) is 40.9 Å². The van der Waals surface area contributed by atoms with Crippen molar-refractivity contribution in [2.75, 3.05) is 0 Å². The Balaban J connectivity index is 2.22. The van der Waals surface area contributed by atoms with Crippen LogP contribution in [0.5, 0.6) is 0 Å². The van der Waals surface area contributed by atoms with E-state index in [1.807, 2.05) is 0 Å². The molecule has 0 aliphatic heterocycles. The molecule has 0 amide bonds. The first-order valence-corrected chi connectivity index (χ1v) is 6.86. The summed E-state index contributed by atoms with van der Waals surface area (Å²) in [7, 11) is 0. The van der Waals surface area contributed by atoms with Crippen LogP contribution in [0.2, 0.25) is 15.2 Å². The van der Waals surface area contributed by atoms with Gasteiger partial charge in [0.1, 0.15) is 23.6 Å². The van der Waals surface area contributed by atoms with Gasteiger partial charge >= 0.3 is 0 Å². The maximum atomic E-state index is 14.0. The third-order valence-corrected chi connectivity index (χ3v) is 3.67. The number of nitrogens with zero attached hydrogens (tertiary/aromatic N) is 4. The van der Waals surface area contributed by atoms with Crippen molar-refractivity contribution in [1.82, 2.24) is 19.7 Å². The smallest absolute Gasteiger partial charge is 0.158 e. The van der Waals surface area contributed by atoms with E-state index in [0.29, 0.717) is 5.82 Å². The van der Waals surface area contributed by atoms with Crippen LogP contribution in [0.4, 0.5) is 4.39 Å². The lowest BCUT2D eigenvalue weighted by molar-refractivity contribution is 0.631. The second kappa shape index (κ2) is 5.60. The van der Waals surface area contributed by atoms with Crippen LogP contribution in [0.3, 0.4) is 0 Å². The molecule has 0 spiro atoms. The van der Waals surface area contributed by atoms with E-state index >= 15 is 0 Å². The molecule has 2 aromatic heterocycles. The Labute approximate surface area is 134 Å². The number of hydrogen-bond acceptors (Lipinski definition) is 3. The molecule has 3 aromatic rings. The van der Waals surface area contributed by atoms with Crippen molar-refractivity contribution in [3.63, 3.8) is 0 Å². The molecule has 0 N–H and O–H groups in total. The van der Waals surface area contributed by atoms with Gasteiger partial charge in [0.25, 0.3) is 0 Å². The maximum Gasteiger partial charge on any atom is 0.158 e. The summed E-state index contributed by atoms with van der Waals surface area (Å²) in [5.74, 6) is -0.152. The number of hydrogen-bond donors (Lipinski definition) is 0. The quantitative estimate of drug-likeness (QED) is 0.647. The zero-order valence-electron chi connectivity index (χ0n) is 10.3. The molecule has 0 aliphatic carbocycles. The van der Waals surface area contributed by atoms with E-state index in [-0.39, 0.29) is 26.3 Å². The maximum absolute atomic E-state index is 14.0. The highest BCUT2D eigenvalue weighted by atomic mass is 35.5. The van der Waals surface area contributed by atoms with Crippen molar-refractivity contribution in [3.05, 3.63) is 57.9 Å². The molecule has 0 unspecified atom stereocenters. The molecule has 0 bridgehead atoms. The molecule has 8 heteroatoms. The predicted molar refractivity (Wildman–Crippen MR) is 79.6 cm³/mol. The van der Waals surface area contributed by atoms with Crippen molar-refractivity contribution in [3.8, 4) is 16.9 Å². The topological polar surface area (TPSA) is 43.6 Å². The van der Waals surface area contributed by atoms with Crippen LogP contribution in [0, 0.1) is 5.82 Å². The Hall–Kier alpha value is -1.69. The molecule has 0 saturated heterocycles. The Morgan fingerprint density at radius 1 is 1.05 bits per heavy atom. The average molecular weight is 344 g/mol. The van der Waals surface area contributed by atoms with Gasteiger partial charge in [-0.3, -0.25) is 0 Å². The standard InChI is InChI=1S/C13H6Cl3FN4/c14-7-2-1-3-9(17)11(7)12-8(15)4-10(20-13(12)16)21-6-18-5-19-21/h1-6H. The lowest BCUT2D eigenvalue weighted by atomic mass is 10.1. The molecule has 0 radical (unpaired) electrons. The van der Waals surface area contributed by atoms with E-state index in [9.17, 15) is 4.39 Å². The molecular formula is C13H6Cl3FN4. The minimum atomic E-state index is -0.526. The Bertz CT molecular complexity index is 762. The first kappa shape index (κ1) is 14.3. The Kier molecular flexibility index (Phi) is 3.80. The number of halogens is 4. The lowest BCUT2D eigenvalue weighted by Crippen LogP contribution is -2.00. The van der Waals surface area contributed by atoms with E-state index in [1.165, 1.54) is 35.5 Å². The van der Waals surface area contributed by atoms with Crippen LogP contribution in [0.15, 0.2) is 36.9 Å². The van der Waals surface area contributed by atoms with Crippen LogP contribution in [-0.2, 0) is 0 Å². The average Bonchev–Trinajstić information content (AvgIpc) is 2.95.